The average molecular weight is 334 g/mol. The highest BCUT2D eigenvalue weighted by molar-refractivity contribution is 7.90. The van der Waals surface area contributed by atoms with Crippen LogP contribution in [-0.2, 0) is 15.6 Å². The molecule has 0 radical (unpaired) electrons. The second-order valence-corrected chi connectivity index (χ2v) is 6.97. The van der Waals surface area contributed by atoms with E-state index < -0.39 is 20.5 Å². The van der Waals surface area contributed by atoms with E-state index in [4.69, 9.17) is 28.9 Å². The van der Waals surface area contributed by atoms with Crippen LogP contribution >= 0.6 is 23.2 Å². The van der Waals surface area contributed by atoms with Crippen molar-refractivity contribution in [2.45, 2.75) is 10.6 Å². The van der Waals surface area contributed by atoms with E-state index in [1.54, 1.807) is 0 Å². The third-order valence-electron chi connectivity index (χ3n) is 2.63. The van der Waals surface area contributed by atoms with E-state index in [1.165, 1.54) is 24.3 Å². The van der Waals surface area contributed by atoms with Crippen molar-refractivity contribution in [1.29, 1.82) is 0 Å². The lowest BCUT2D eigenvalue weighted by atomic mass is 10.2. The van der Waals surface area contributed by atoms with Crippen LogP contribution in [0.3, 0.4) is 0 Å². The zero-order valence-corrected chi connectivity index (χ0v) is 12.4. The van der Waals surface area contributed by atoms with E-state index in [2.05, 4.69) is 0 Å². The maximum absolute atomic E-state index is 13.7. The van der Waals surface area contributed by atoms with E-state index in [0.29, 0.717) is 10.6 Å². The summed E-state index contributed by atoms with van der Waals surface area (Å²) in [6, 6.07) is 7.93. The second kappa shape index (κ2) is 5.60. The third-order valence-corrected chi connectivity index (χ3v) is 5.09. The summed E-state index contributed by atoms with van der Waals surface area (Å²) in [6.45, 7) is 0. The summed E-state index contributed by atoms with van der Waals surface area (Å²) in [5.41, 5.74) is 5.98. The van der Waals surface area contributed by atoms with Gasteiger partial charge in [0.25, 0.3) is 0 Å². The number of nitrogens with two attached hydrogens (primary N) is 1. The summed E-state index contributed by atoms with van der Waals surface area (Å²) >= 11 is 11.6. The Kier molecular flexibility index (Phi) is 4.22. The largest absolute Gasteiger partial charge is 0.399 e. The molecule has 106 valence electrons. The van der Waals surface area contributed by atoms with Gasteiger partial charge in [-0.3, -0.25) is 0 Å². The van der Waals surface area contributed by atoms with Gasteiger partial charge in [0, 0.05) is 5.69 Å². The summed E-state index contributed by atoms with van der Waals surface area (Å²) in [7, 11) is -3.82. The molecular weight excluding hydrogens is 324 g/mol. The highest BCUT2D eigenvalue weighted by atomic mass is 35.5. The van der Waals surface area contributed by atoms with Gasteiger partial charge in [-0.05, 0) is 35.9 Å². The van der Waals surface area contributed by atoms with Crippen molar-refractivity contribution in [3.8, 4) is 0 Å². The van der Waals surface area contributed by atoms with Gasteiger partial charge in [-0.15, -0.1) is 0 Å². The number of hydrogen-bond acceptors (Lipinski definition) is 3. The molecule has 0 aliphatic rings. The van der Waals surface area contributed by atoms with Crippen LogP contribution < -0.4 is 5.73 Å². The van der Waals surface area contributed by atoms with Gasteiger partial charge in [0.1, 0.15) is 10.7 Å². The fourth-order valence-corrected chi connectivity index (χ4v) is 3.42. The molecule has 0 aliphatic carbocycles. The molecule has 3 nitrogen and oxygen atoms in total. The molecule has 2 N–H and O–H groups in total. The molecule has 20 heavy (non-hydrogen) atoms. The first-order valence-corrected chi connectivity index (χ1v) is 7.92. The van der Waals surface area contributed by atoms with Crippen LogP contribution in [0.1, 0.15) is 5.56 Å². The molecule has 0 aromatic heterocycles. The molecule has 0 saturated heterocycles. The Morgan fingerprint density at radius 3 is 2.35 bits per heavy atom. The Hall–Kier alpha value is -1.30. The maximum atomic E-state index is 13.7. The summed E-state index contributed by atoms with van der Waals surface area (Å²) < 4.78 is 38.0. The summed E-state index contributed by atoms with van der Waals surface area (Å²) in [5, 5.41) is 0.573. The normalized spacial score (nSPS) is 11.6. The van der Waals surface area contributed by atoms with Crippen molar-refractivity contribution >= 4 is 38.7 Å². The van der Waals surface area contributed by atoms with Gasteiger partial charge in [0.15, 0.2) is 9.84 Å². The average Bonchev–Trinajstić information content (AvgIpc) is 2.33. The minimum Gasteiger partial charge on any atom is -0.399 e. The van der Waals surface area contributed by atoms with E-state index in [-0.39, 0.29) is 16.5 Å². The first-order chi connectivity index (χ1) is 9.29. The first-order valence-electron chi connectivity index (χ1n) is 5.51. The predicted molar refractivity (Wildman–Crippen MR) is 78.2 cm³/mol. The zero-order chi connectivity index (χ0) is 14.9. The molecule has 0 spiro atoms. The smallest absolute Gasteiger partial charge is 0.185 e. The Balaban J connectivity index is 2.38. The molecule has 0 bridgehead atoms. The Labute approximate surface area is 126 Å². The van der Waals surface area contributed by atoms with Gasteiger partial charge in [-0.1, -0.05) is 29.3 Å². The van der Waals surface area contributed by atoms with Crippen LogP contribution in [0.25, 0.3) is 0 Å². The van der Waals surface area contributed by atoms with Crippen molar-refractivity contribution in [2.24, 2.45) is 0 Å². The van der Waals surface area contributed by atoms with Crippen LogP contribution in [-0.4, -0.2) is 8.42 Å². The molecular formula is C13H10Cl2FNO2S. The number of halogens is 3. The van der Waals surface area contributed by atoms with Crippen molar-refractivity contribution in [2.75, 3.05) is 5.73 Å². The lowest BCUT2D eigenvalue weighted by molar-refractivity contribution is 0.567. The second-order valence-electron chi connectivity index (χ2n) is 4.20. The lowest BCUT2D eigenvalue weighted by Crippen LogP contribution is -2.07. The van der Waals surface area contributed by atoms with Crippen LogP contribution in [0.4, 0.5) is 10.1 Å². The summed E-state index contributed by atoms with van der Waals surface area (Å²) in [4.78, 5) is -0.391. The summed E-state index contributed by atoms with van der Waals surface area (Å²) in [5.74, 6) is -1.24. The fourth-order valence-electron chi connectivity index (χ4n) is 1.70. The molecule has 0 unspecified atom stereocenters. The van der Waals surface area contributed by atoms with Gasteiger partial charge < -0.3 is 5.73 Å². The van der Waals surface area contributed by atoms with Crippen molar-refractivity contribution < 1.29 is 12.8 Å². The maximum Gasteiger partial charge on any atom is 0.185 e. The topological polar surface area (TPSA) is 60.2 Å². The van der Waals surface area contributed by atoms with Gasteiger partial charge in [-0.2, -0.15) is 0 Å². The number of benzene rings is 2. The highest BCUT2D eigenvalue weighted by Crippen LogP contribution is 2.26. The summed E-state index contributed by atoms with van der Waals surface area (Å²) in [6.07, 6.45) is 0. The van der Waals surface area contributed by atoms with E-state index >= 15 is 0 Å². The minimum atomic E-state index is -3.82. The molecule has 2 aromatic carbocycles. The number of hydrogen-bond donors (Lipinski definition) is 1. The van der Waals surface area contributed by atoms with Crippen molar-refractivity contribution in [3.63, 3.8) is 0 Å². The molecule has 0 heterocycles. The van der Waals surface area contributed by atoms with Gasteiger partial charge in [0.05, 0.1) is 15.8 Å². The molecule has 7 heteroatoms. The van der Waals surface area contributed by atoms with E-state index in [9.17, 15) is 12.8 Å². The zero-order valence-electron chi connectivity index (χ0n) is 10.1. The standard InChI is InChI=1S/C13H10Cl2FNO2S/c14-10-3-1-8(5-11(10)15)7-20(18,19)13-4-2-9(17)6-12(13)16/h1-6H,7,17H2. The van der Waals surface area contributed by atoms with Gasteiger partial charge in [0.2, 0.25) is 0 Å². The first kappa shape index (κ1) is 15.1. The third kappa shape index (κ3) is 3.23. The molecule has 0 amide bonds. The van der Waals surface area contributed by atoms with E-state index in [1.807, 2.05) is 0 Å². The monoisotopic (exact) mass is 333 g/mol. The van der Waals surface area contributed by atoms with Gasteiger partial charge in [-0.25, -0.2) is 12.8 Å². The molecule has 2 rings (SSSR count). The van der Waals surface area contributed by atoms with Crippen molar-refractivity contribution in [1.82, 2.24) is 0 Å². The number of rotatable bonds is 3. The number of nitrogen functional groups attached to an aromatic ring is 1. The van der Waals surface area contributed by atoms with Gasteiger partial charge >= 0.3 is 0 Å². The molecule has 0 atom stereocenters. The predicted octanol–water partition coefficient (Wildman–Crippen LogP) is 3.69. The van der Waals surface area contributed by atoms with E-state index in [0.717, 1.165) is 12.1 Å². The molecule has 2 aromatic rings. The molecule has 0 aliphatic heterocycles. The Morgan fingerprint density at radius 1 is 1.05 bits per heavy atom. The Morgan fingerprint density at radius 2 is 1.75 bits per heavy atom. The minimum absolute atomic E-state index is 0.163. The number of anilines is 1. The lowest BCUT2D eigenvalue weighted by Gasteiger charge is -2.07. The van der Waals surface area contributed by atoms with Crippen LogP contribution in [0.2, 0.25) is 10.0 Å². The highest BCUT2D eigenvalue weighted by Gasteiger charge is 2.20. The quantitative estimate of drug-likeness (QED) is 0.871. The van der Waals surface area contributed by atoms with Crippen LogP contribution in [0.5, 0.6) is 0 Å². The Bertz CT molecular complexity index is 763. The molecule has 0 fully saturated rings. The van der Waals surface area contributed by atoms with Crippen molar-refractivity contribution in [3.05, 3.63) is 57.8 Å². The SMILES string of the molecule is Nc1ccc(S(=O)(=O)Cc2ccc(Cl)c(Cl)c2)c(F)c1. The van der Waals surface area contributed by atoms with Crippen LogP contribution in [0.15, 0.2) is 41.3 Å². The number of sulfone groups is 1. The molecule has 0 saturated carbocycles. The fraction of sp³-hybridized carbons (Fsp3) is 0.0769. The van der Waals surface area contributed by atoms with Crippen LogP contribution in [0, 0.1) is 5.82 Å².